The molecule has 0 spiro atoms. The minimum atomic E-state index is -0.740. The molecule has 2 nitrogen and oxygen atoms in total. The number of benzene rings is 1. The van der Waals surface area contributed by atoms with Gasteiger partial charge in [0, 0.05) is 0 Å². The van der Waals surface area contributed by atoms with E-state index in [2.05, 4.69) is 6.92 Å². The first-order valence-electron chi connectivity index (χ1n) is 5.90. The predicted molar refractivity (Wildman–Crippen MR) is 65.6 cm³/mol. The standard InChI is InChI=1S/C14H20O2/c1-3-4-8-11-14(2,13(15)16)12-9-6-5-7-10-12/h5-7,9-10H,3-4,8,11H2,1-2H3,(H,15,16)/t14-/m0/s1. The van der Waals surface area contributed by atoms with Gasteiger partial charge in [0.15, 0.2) is 0 Å². The molecule has 0 radical (unpaired) electrons. The molecule has 0 aliphatic heterocycles. The second-order valence-electron chi connectivity index (χ2n) is 4.46. The molecule has 1 N–H and O–H groups in total. The molecule has 0 amide bonds. The van der Waals surface area contributed by atoms with Crippen molar-refractivity contribution in [1.82, 2.24) is 0 Å². The summed E-state index contributed by atoms with van der Waals surface area (Å²) >= 11 is 0. The molecule has 2 heteroatoms. The molecule has 0 heterocycles. The van der Waals surface area contributed by atoms with Crippen LogP contribution in [0.4, 0.5) is 0 Å². The van der Waals surface area contributed by atoms with E-state index < -0.39 is 11.4 Å². The molecule has 0 saturated heterocycles. The van der Waals surface area contributed by atoms with Gasteiger partial charge in [-0.25, -0.2) is 0 Å². The van der Waals surface area contributed by atoms with Gasteiger partial charge < -0.3 is 5.11 Å². The number of unbranched alkanes of at least 4 members (excludes halogenated alkanes) is 2. The first-order valence-corrected chi connectivity index (χ1v) is 5.90. The number of carbonyl (C=O) groups is 1. The molecule has 0 unspecified atom stereocenters. The zero-order valence-corrected chi connectivity index (χ0v) is 10.1. The van der Waals surface area contributed by atoms with Gasteiger partial charge in [0.25, 0.3) is 0 Å². The topological polar surface area (TPSA) is 37.3 Å². The van der Waals surface area contributed by atoms with Crippen LogP contribution in [0.2, 0.25) is 0 Å². The first-order chi connectivity index (χ1) is 7.61. The lowest BCUT2D eigenvalue weighted by molar-refractivity contribution is -0.143. The molecule has 0 bridgehead atoms. The summed E-state index contributed by atoms with van der Waals surface area (Å²) < 4.78 is 0. The van der Waals surface area contributed by atoms with Crippen molar-refractivity contribution < 1.29 is 9.90 Å². The summed E-state index contributed by atoms with van der Waals surface area (Å²) in [7, 11) is 0. The summed E-state index contributed by atoms with van der Waals surface area (Å²) in [6.07, 6.45) is 3.88. The number of rotatable bonds is 6. The van der Waals surface area contributed by atoms with E-state index in [9.17, 15) is 9.90 Å². The SMILES string of the molecule is CCCCC[C@](C)(C(=O)O)c1ccccc1. The Morgan fingerprint density at radius 1 is 1.25 bits per heavy atom. The van der Waals surface area contributed by atoms with Crippen molar-refractivity contribution in [3.8, 4) is 0 Å². The molecule has 0 aliphatic rings. The maximum absolute atomic E-state index is 11.4. The number of hydrogen-bond acceptors (Lipinski definition) is 1. The fourth-order valence-electron chi connectivity index (χ4n) is 1.91. The van der Waals surface area contributed by atoms with Gasteiger partial charge in [0.05, 0.1) is 5.41 Å². The zero-order valence-electron chi connectivity index (χ0n) is 10.1. The lowest BCUT2D eigenvalue weighted by Gasteiger charge is -2.25. The summed E-state index contributed by atoms with van der Waals surface area (Å²) in [5.74, 6) is -0.727. The molecular weight excluding hydrogens is 200 g/mol. The highest BCUT2D eigenvalue weighted by atomic mass is 16.4. The van der Waals surface area contributed by atoms with E-state index >= 15 is 0 Å². The smallest absolute Gasteiger partial charge is 0.313 e. The maximum Gasteiger partial charge on any atom is 0.313 e. The van der Waals surface area contributed by atoms with E-state index in [1.165, 1.54) is 0 Å². The summed E-state index contributed by atoms with van der Waals surface area (Å²) in [5.41, 5.74) is 0.162. The van der Waals surface area contributed by atoms with Crippen molar-refractivity contribution >= 4 is 5.97 Å². The van der Waals surface area contributed by atoms with Gasteiger partial charge in [-0.05, 0) is 18.9 Å². The summed E-state index contributed by atoms with van der Waals surface area (Å²) in [4.78, 5) is 11.4. The third-order valence-corrected chi connectivity index (χ3v) is 3.16. The van der Waals surface area contributed by atoms with E-state index in [4.69, 9.17) is 0 Å². The molecule has 16 heavy (non-hydrogen) atoms. The average molecular weight is 220 g/mol. The number of hydrogen-bond donors (Lipinski definition) is 1. The molecule has 1 aromatic carbocycles. The highest BCUT2D eigenvalue weighted by Gasteiger charge is 2.34. The van der Waals surface area contributed by atoms with Gasteiger partial charge in [0.2, 0.25) is 0 Å². The highest BCUT2D eigenvalue weighted by Crippen LogP contribution is 2.30. The largest absolute Gasteiger partial charge is 0.481 e. The molecule has 0 saturated carbocycles. The van der Waals surface area contributed by atoms with Gasteiger partial charge >= 0.3 is 5.97 Å². The Morgan fingerprint density at radius 3 is 2.38 bits per heavy atom. The second kappa shape index (κ2) is 5.69. The van der Waals surface area contributed by atoms with E-state index in [0.29, 0.717) is 6.42 Å². The van der Waals surface area contributed by atoms with Crippen LogP contribution in [-0.2, 0) is 10.2 Å². The molecule has 0 fully saturated rings. The zero-order chi connectivity index (χ0) is 12.0. The number of carboxylic acid groups (broad SMARTS) is 1. The van der Waals surface area contributed by atoms with Crippen LogP contribution in [0, 0.1) is 0 Å². The summed E-state index contributed by atoms with van der Waals surface area (Å²) in [6.45, 7) is 3.95. The van der Waals surface area contributed by atoms with Gasteiger partial charge in [0.1, 0.15) is 0 Å². The first kappa shape index (κ1) is 12.8. The van der Waals surface area contributed by atoms with Gasteiger partial charge in [-0.2, -0.15) is 0 Å². The Labute approximate surface area is 97.3 Å². The minimum Gasteiger partial charge on any atom is -0.481 e. The predicted octanol–water partition coefficient (Wildman–Crippen LogP) is 3.61. The third kappa shape index (κ3) is 2.84. The van der Waals surface area contributed by atoms with E-state index in [0.717, 1.165) is 24.8 Å². The average Bonchev–Trinajstić information content (AvgIpc) is 2.30. The number of carboxylic acids is 1. The highest BCUT2D eigenvalue weighted by molar-refractivity contribution is 5.80. The van der Waals surface area contributed by atoms with Crippen molar-refractivity contribution in [2.45, 2.75) is 44.9 Å². The van der Waals surface area contributed by atoms with E-state index in [-0.39, 0.29) is 0 Å². The van der Waals surface area contributed by atoms with Gasteiger partial charge in [-0.1, -0.05) is 56.5 Å². The Balaban J connectivity index is 2.85. The maximum atomic E-state index is 11.4. The monoisotopic (exact) mass is 220 g/mol. The van der Waals surface area contributed by atoms with Crippen molar-refractivity contribution in [2.24, 2.45) is 0 Å². The third-order valence-electron chi connectivity index (χ3n) is 3.16. The van der Waals surface area contributed by atoms with Crippen LogP contribution in [-0.4, -0.2) is 11.1 Å². The normalized spacial score (nSPS) is 14.4. The lowest BCUT2D eigenvalue weighted by Crippen LogP contribution is -2.32. The fraction of sp³-hybridized carbons (Fsp3) is 0.500. The molecule has 0 aromatic heterocycles. The summed E-state index contributed by atoms with van der Waals surface area (Å²) in [6, 6.07) is 9.52. The lowest BCUT2D eigenvalue weighted by atomic mass is 9.78. The Bertz CT molecular complexity index is 332. The van der Waals surface area contributed by atoms with E-state index in [1.807, 2.05) is 37.3 Å². The van der Waals surface area contributed by atoms with Crippen molar-refractivity contribution in [3.63, 3.8) is 0 Å². The van der Waals surface area contributed by atoms with Crippen LogP contribution >= 0.6 is 0 Å². The van der Waals surface area contributed by atoms with Crippen molar-refractivity contribution in [1.29, 1.82) is 0 Å². The van der Waals surface area contributed by atoms with E-state index in [1.54, 1.807) is 0 Å². The molecule has 88 valence electrons. The van der Waals surface area contributed by atoms with Crippen LogP contribution in [0.25, 0.3) is 0 Å². The van der Waals surface area contributed by atoms with Crippen LogP contribution in [0.3, 0.4) is 0 Å². The van der Waals surface area contributed by atoms with Crippen LogP contribution in [0.1, 0.15) is 45.1 Å². The van der Waals surface area contributed by atoms with Crippen LogP contribution in [0.5, 0.6) is 0 Å². The summed E-state index contributed by atoms with van der Waals surface area (Å²) in [5, 5.41) is 9.39. The Morgan fingerprint density at radius 2 is 1.88 bits per heavy atom. The molecule has 1 aromatic rings. The van der Waals surface area contributed by atoms with Crippen molar-refractivity contribution in [3.05, 3.63) is 35.9 Å². The van der Waals surface area contributed by atoms with Crippen LogP contribution < -0.4 is 0 Å². The molecular formula is C14H20O2. The molecule has 0 aliphatic carbocycles. The van der Waals surface area contributed by atoms with Crippen molar-refractivity contribution in [2.75, 3.05) is 0 Å². The van der Waals surface area contributed by atoms with Gasteiger partial charge in [-0.3, -0.25) is 4.79 Å². The minimum absolute atomic E-state index is 0.709. The van der Waals surface area contributed by atoms with Crippen LogP contribution in [0.15, 0.2) is 30.3 Å². The Hall–Kier alpha value is -1.31. The second-order valence-corrected chi connectivity index (χ2v) is 4.46. The Kier molecular flexibility index (Phi) is 4.53. The number of aliphatic carboxylic acids is 1. The quantitative estimate of drug-likeness (QED) is 0.743. The van der Waals surface area contributed by atoms with Gasteiger partial charge in [-0.15, -0.1) is 0 Å². The fourth-order valence-corrected chi connectivity index (χ4v) is 1.91. The molecule has 1 rings (SSSR count). The molecule has 1 atom stereocenters.